The van der Waals surface area contributed by atoms with Crippen LogP contribution in [0.25, 0.3) is 0 Å². The van der Waals surface area contributed by atoms with Crippen LogP contribution >= 0.6 is 0 Å². The van der Waals surface area contributed by atoms with E-state index in [0.717, 1.165) is 12.1 Å². The summed E-state index contributed by atoms with van der Waals surface area (Å²) in [4.78, 5) is -1.19. The fourth-order valence-electron chi connectivity index (χ4n) is 1.57. The Labute approximate surface area is 117 Å². The highest BCUT2D eigenvalue weighted by molar-refractivity contribution is 7.92. The van der Waals surface area contributed by atoms with Gasteiger partial charge in [0.15, 0.2) is 5.82 Å². The molecule has 0 atom stereocenters. The molecule has 114 valence electrons. The molecule has 0 unspecified atom stereocenters. The van der Waals surface area contributed by atoms with Gasteiger partial charge in [-0.1, -0.05) is 0 Å². The molecule has 0 aliphatic carbocycles. The van der Waals surface area contributed by atoms with Crippen molar-refractivity contribution in [2.45, 2.75) is 10.4 Å². The highest BCUT2D eigenvalue weighted by Gasteiger charge is 2.48. The number of hydrogen-bond donors (Lipinski definition) is 1. The monoisotopic (exact) mass is 323 g/mol. The summed E-state index contributed by atoms with van der Waals surface area (Å²) in [6.07, 6.45) is 1.50. The van der Waals surface area contributed by atoms with Crippen LogP contribution in [0, 0.1) is 5.82 Å². The summed E-state index contributed by atoms with van der Waals surface area (Å²) in [5.74, 6) is -0.966. The molecule has 1 N–H and O–H groups in total. The first-order valence-corrected chi connectivity index (χ1v) is 6.97. The number of aromatic nitrogens is 2. The Bertz CT molecular complexity index is 768. The summed E-state index contributed by atoms with van der Waals surface area (Å²) >= 11 is 0. The molecule has 0 radical (unpaired) electrons. The van der Waals surface area contributed by atoms with Crippen LogP contribution in [0.4, 0.5) is 29.1 Å². The molecule has 0 saturated carbocycles. The second-order valence-corrected chi connectivity index (χ2v) is 6.00. The lowest BCUT2D eigenvalue weighted by Crippen LogP contribution is -2.24. The van der Waals surface area contributed by atoms with Gasteiger partial charge in [0.2, 0.25) is 0 Å². The number of anilines is 2. The third kappa shape index (κ3) is 2.99. The first-order valence-electron chi connectivity index (χ1n) is 5.49. The van der Waals surface area contributed by atoms with Crippen LogP contribution in [-0.2, 0) is 16.9 Å². The third-order valence-corrected chi connectivity index (χ3v) is 4.04. The van der Waals surface area contributed by atoms with E-state index < -0.39 is 31.7 Å². The quantitative estimate of drug-likeness (QED) is 0.882. The largest absolute Gasteiger partial charge is 0.501 e. The number of alkyl halides is 3. The molecular weight excluding hydrogens is 314 g/mol. The summed E-state index contributed by atoms with van der Waals surface area (Å²) in [7, 11) is -4.11. The predicted molar refractivity (Wildman–Crippen MR) is 66.1 cm³/mol. The molecular formula is C11H9F4N3O2S. The van der Waals surface area contributed by atoms with E-state index >= 15 is 0 Å². The van der Waals surface area contributed by atoms with Crippen molar-refractivity contribution >= 4 is 21.3 Å². The Kier molecular flexibility index (Phi) is 3.66. The molecule has 0 spiro atoms. The van der Waals surface area contributed by atoms with Crippen LogP contribution in [0.15, 0.2) is 35.4 Å². The van der Waals surface area contributed by atoms with E-state index in [9.17, 15) is 26.0 Å². The fourth-order valence-corrected chi connectivity index (χ4v) is 2.49. The Morgan fingerprint density at radius 2 is 1.90 bits per heavy atom. The van der Waals surface area contributed by atoms with E-state index in [-0.39, 0.29) is 5.82 Å². The number of sulfone groups is 1. The SMILES string of the molecule is Cn1ccc(Nc2ccc(F)cc2S(=O)(=O)C(F)(F)F)n1. The number of nitrogens with one attached hydrogen (secondary N) is 1. The molecule has 2 rings (SSSR count). The van der Waals surface area contributed by atoms with Crippen LogP contribution in [0.1, 0.15) is 0 Å². The van der Waals surface area contributed by atoms with E-state index in [4.69, 9.17) is 0 Å². The topological polar surface area (TPSA) is 64.0 Å². The maximum absolute atomic E-state index is 13.1. The highest BCUT2D eigenvalue weighted by atomic mass is 32.2. The van der Waals surface area contributed by atoms with Crippen LogP contribution in [-0.4, -0.2) is 23.7 Å². The first kappa shape index (κ1) is 15.3. The normalized spacial score (nSPS) is 12.4. The van der Waals surface area contributed by atoms with E-state index in [1.54, 1.807) is 7.05 Å². The zero-order valence-electron chi connectivity index (χ0n) is 10.5. The molecule has 0 saturated heterocycles. The second kappa shape index (κ2) is 5.02. The first-order chi connectivity index (χ1) is 9.61. The number of halogens is 4. The van der Waals surface area contributed by atoms with E-state index in [1.165, 1.54) is 16.9 Å². The molecule has 0 aliphatic rings. The molecule has 0 bridgehead atoms. The van der Waals surface area contributed by atoms with Gasteiger partial charge in [0.05, 0.1) is 5.69 Å². The van der Waals surface area contributed by atoms with Crippen molar-refractivity contribution in [3.8, 4) is 0 Å². The van der Waals surface area contributed by atoms with Crippen LogP contribution < -0.4 is 5.32 Å². The molecule has 0 amide bonds. The number of hydrogen-bond acceptors (Lipinski definition) is 4. The third-order valence-electron chi connectivity index (χ3n) is 2.51. The van der Waals surface area contributed by atoms with Gasteiger partial charge in [0, 0.05) is 19.3 Å². The van der Waals surface area contributed by atoms with Gasteiger partial charge in [-0.2, -0.15) is 18.3 Å². The zero-order chi connectivity index (χ0) is 15.8. The van der Waals surface area contributed by atoms with Gasteiger partial charge < -0.3 is 5.32 Å². The van der Waals surface area contributed by atoms with Gasteiger partial charge in [-0.15, -0.1) is 0 Å². The minimum absolute atomic E-state index is 0.128. The van der Waals surface area contributed by atoms with Gasteiger partial charge in [-0.3, -0.25) is 4.68 Å². The molecule has 2 aromatic rings. The number of aryl methyl sites for hydroxylation is 1. The Morgan fingerprint density at radius 3 is 2.43 bits per heavy atom. The van der Waals surface area contributed by atoms with Gasteiger partial charge >= 0.3 is 5.51 Å². The molecule has 10 heteroatoms. The average molecular weight is 323 g/mol. The summed E-state index contributed by atoms with van der Waals surface area (Å²) in [6.45, 7) is 0. The predicted octanol–water partition coefficient (Wildman–Crippen LogP) is 2.60. The smallest absolute Gasteiger partial charge is 0.338 e. The average Bonchev–Trinajstić information content (AvgIpc) is 2.75. The molecule has 0 aliphatic heterocycles. The summed E-state index contributed by atoms with van der Waals surface area (Å²) in [5.41, 5.74) is -5.94. The van der Waals surface area contributed by atoms with E-state index in [2.05, 4.69) is 10.4 Å². The number of benzene rings is 1. The van der Waals surface area contributed by atoms with Crippen molar-refractivity contribution in [3.05, 3.63) is 36.3 Å². The Balaban J connectivity index is 2.53. The number of nitrogens with zero attached hydrogens (tertiary/aromatic N) is 2. The molecule has 1 aromatic heterocycles. The van der Waals surface area contributed by atoms with Gasteiger partial charge in [0.1, 0.15) is 10.7 Å². The van der Waals surface area contributed by atoms with E-state index in [1.807, 2.05) is 0 Å². The van der Waals surface area contributed by atoms with Crippen molar-refractivity contribution in [2.24, 2.45) is 7.05 Å². The van der Waals surface area contributed by atoms with E-state index in [0.29, 0.717) is 6.07 Å². The highest BCUT2D eigenvalue weighted by Crippen LogP contribution is 2.35. The summed E-state index contributed by atoms with van der Waals surface area (Å²) < 4.78 is 75.3. The lowest BCUT2D eigenvalue weighted by Gasteiger charge is -2.13. The molecule has 1 aromatic carbocycles. The fraction of sp³-hybridized carbons (Fsp3) is 0.182. The summed E-state index contributed by atoms with van der Waals surface area (Å²) in [5, 5.41) is 6.27. The van der Waals surface area contributed by atoms with Crippen molar-refractivity contribution in [1.29, 1.82) is 0 Å². The minimum Gasteiger partial charge on any atom is -0.338 e. The van der Waals surface area contributed by atoms with Crippen LogP contribution in [0.3, 0.4) is 0 Å². The Morgan fingerprint density at radius 1 is 1.24 bits per heavy atom. The van der Waals surface area contributed by atoms with Crippen molar-refractivity contribution in [3.63, 3.8) is 0 Å². The van der Waals surface area contributed by atoms with Gasteiger partial charge in [-0.05, 0) is 18.2 Å². The van der Waals surface area contributed by atoms with Crippen LogP contribution in [0.5, 0.6) is 0 Å². The Hall–Kier alpha value is -2.10. The van der Waals surface area contributed by atoms with Gasteiger partial charge in [0.25, 0.3) is 9.84 Å². The van der Waals surface area contributed by atoms with Crippen molar-refractivity contribution < 1.29 is 26.0 Å². The molecule has 1 heterocycles. The van der Waals surface area contributed by atoms with Crippen molar-refractivity contribution in [1.82, 2.24) is 9.78 Å². The van der Waals surface area contributed by atoms with Crippen molar-refractivity contribution in [2.75, 3.05) is 5.32 Å². The summed E-state index contributed by atoms with van der Waals surface area (Å²) in [6, 6.07) is 3.49. The standard InChI is InChI=1S/C11H9F4N3O2S/c1-18-5-4-10(17-18)16-8-3-2-7(12)6-9(8)21(19,20)11(13,14)15/h2-6H,1H3,(H,16,17). The molecule has 21 heavy (non-hydrogen) atoms. The molecule has 5 nitrogen and oxygen atoms in total. The van der Waals surface area contributed by atoms with Crippen LogP contribution in [0.2, 0.25) is 0 Å². The lowest BCUT2D eigenvalue weighted by atomic mass is 10.3. The second-order valence-electron chi connectivity index (χ2n) is 4.09. The zero-order valence-corrected chi connectivity index (χ0v) is 11.3. The van der Waals surface area contributed by atoms with Gasteiger partial charge in [-0.25, -0.2) is 12.8 Å². The maximum Gasteiger partial charge on any atom is 0.501 e. The lowest BCUT2D eigenvalue weighted by molar-refractivity contribution is -0.0435. The molecule has 0 fully saturated rings. The number of rotatable bonds is 3. The minimum atomic E-state index is -5.68. The maximum atomic E-state index is 13.1.